The van der Waals surface area contributed by atoms with E-state index in [1.54, 1.807) is 6.92 Å². The molecule has 0 fully saturated rings. The number of ketones is 2. The Labute approximate surface area is 143 Å². The molecule has 0 N–H and O–H groups in total. The van der Waals surface area contributed by atoms with E-state index in [4.69, 9.17) is 0 Å². The van der Waals surface area contributed by atoms with Gasteiger partial charge in [0.25, 0.3) is 0 Å². The number of rotatable bonds is 0. The lowest BCUT2D eigenvalue weighted by Crippen LogP contribution is -2.46. The lowest BCUT2D eigenvalue weighted by molar-refractivity contribution is -0.127. The second-order valence-electron chi connectivity index (χ2n) is 7.62. The summed E-state index contributed by atoms with van der Waals surface area (Å²) >= 11 is 0. The molecule has 3 aliphatic carbocycles. The van der Waals surface area contributed by atoms with Crippen LogP contribution in [0.3, 0.4) is 0 Å². The van der Waals surface area contributed by atoms with Crippen LogP contribution in [-0.2, 0) is 16.0 Å². The quantitative estimate of drug-likeness (QED) is 0.715. The van der Waals surface area contributed by atoms with E-state index in [1.807, 2.05) is 13.0 Å². The summed E-state index contributed by atoms with van der Waals surface area (Å²) in [5.74, 6) is 0.194. The van der Waals surface area contributed by atoms with E-state index in [-0.39, 0.29) is 17.5 Å². The summed E-state index contributed by atoms with van der Waals surface area (Å²) < 4.78 is 0. The minimum absolute atomic E-state index is 0.00359. The van der Waals surface area contributed by atoms with Crippen molar-refractivity contribution in [3.05, 3.63) is 63.8 Å². The molecule has 2 atom stereocenters. The zero-order chi connectivity index (χ0) is 17.2. The van der Waals surface area contributed by atoms with Gasteiger partial charge in [-0.2, -0.15) is 0 Å². The highest BCUT2D eigenvalue weighted by Gasteiger charge is 2.52. The normalized spacial score (nSPS) is 28.3. The number of carbonyl (C=O) groups excluding carboxylic acids is 2. The molecule has 3 aliphatic rings. The monoisotopic (exact) mass is 318 g/mol. The summed E-state index contributed by atoms with van der Waals surface area (Å²) in [6.07, 6.45) is 7.36. The van der Waals surface area contributed by atoms with Crippen LogP contribution in [0, 0.1) is 25.2 Å². The zero-order valence-electron chi connectivity index (χ0n) is 14.7. The molecule has 0 amide bonds. The number of hydrogen-bond donors (Lipinski definition) is 0. The summed E-state index contributed by atoms with van der Waals surface area (Å²) in [4.78, 5) is 25.5. The van der Waals surface area contributed by atoms with Gasteiger partial charge < -0.3 is 0 Å². The summed E-state index contributed by atoms with van der Waals surface area (Å²) in [7, 11) is 0. The average molecular weight is 318 g/mol. The molecule has 0 aromatic heterocycles. The van der Waals surface area contributed by atoms with Gasteiger partial charge in [0.05, 0.1) is 5.41 Å². The Morgan fingerprint density at radius 2 is 1.83 bits per heavy atom. The Hall–Kier alpha value is -2.22. The number of fused-ring (bicyclic) bond motifs is 5. The number of hydrogen-bond acceptors (Lipinski definition) is 2. The van der Waals surface area contributed by atoms with Crippen molar-refractivity contribution in [2.45, 2.75) is 40.5 Å². The number of aryl methyl sites for hydroxylation is 2. The molecule has 0 spiro atoms. The molecule has 0 unspecified atom stereocenters. The van der Waals surface area contributed by atoms with Gasteiger partial charge in [-0.25, -0.2) is 0 Å². The van der Waals surface area contributed by atoms with E-state index in [1.165, 1.54) is 33.9 Å². The van der Waals surface area contributed by atoms with E-state index in [0.717, 1.165) is 12.8 Å². The van der Waals surface area contributed by atoms with Crippen molar-refractivity contribution in [1.82, 2.24) is 0 Å². The van der Waals surface area contributed by atoms with E-state index in [9.17, 15) is 9.59 Å². The molecule has 0 bridgehead atoms. The maximum absolute atomic E-state index is 13.0. The predicted octanol–water partition coefficient (Wildman–Crippen LogP) is 4.29. The van der Waals surface area contributed by atoms with Crippen LogP contribution in [0.2, 0.25) is 0 Å². The van der Waals surface area contributed by atoms with Crippen LogP contribution in [0.4, 0.5) is 0 Å². The molecule has 0 saturated carbocycles. The molecule has 1 aromatic rings. The van der Waals surface area contributed by atoms with Crippen LogP contribution in [-0.4, -0.2) is 11.6 Å². The zero-order valence-corrected chi connectivity index (χ0v) is 14.7. The predicted molar refractivity (Wildman–Crippen MR) is 95.7 cm³/mol. The van der Waals surface area contributed by atoms with Gasteiger partial charge in [0.1, 0.15) is 0 Å². The van der Waals surface area contributed by atoms with E-state index in [0.29, 0.717) is 11.1 Å². The Balaban J connectivity index is 1.95. The van der Waals surface area contributed by atoms with E-state index >= 15 is 0 Å². The van der Waals surface area contributed by atoms with Crippen LogP contribution in [0.25, 0.3) is 5.57 Å². The second-order valence-corrected chi connectivity index (χ2v) is 7.62. The van der Waals surface area contributed by atoms with Crippen molar-refractivity contribution in [1.29, 1.82) is 0 Å². The lowest BCUT2D eigenvalue weighted by Gasteiger charge is -2.45. The topological polar surface area (TPSA) is 34.1 Å². The van der Waals surface area contributed by atoms with Gasteiger partial charge in [-0.3, -0.25) is 9.59 Å². The molecule has 2 heteroatoms. The van der Waals surface area contributed by atoms with Crippen molar-refractivity contribution in [2.24, 2.45) is 11.3 Å². The maximum atomic E-state index is 13.0. The highest BCUT2D eigenvalue weighted by molar-refractivity contribution is 6.21. The largest absolute Gasteiger partial charge is 0.294 e. The Morgan fingerprint density at radius 3 is 2.58 bits per heavy atom. The number of allylic oxidation sites excluding steroid dienone is 6. The molecule has 2 nitrogen and oxygen atoms in total. The smallest absolute Gasteiger partial charge is 0.183 e. The van der Waals surface area contributed by atoms with Gasteiger partial charge in [0.15, 0.2) is 11.6 Å². The fraction of sp³-hybridized carbons (Fsp3) is 0.364. The van der Waals surface area contributed by atoms with Crippen LogP contribution >= 0.6 is 0 Å². The molecule has 4 rings (SSSR count). The van der Waals surface area contributed by atoms with Gasteiger partial charge >= 0.3 is 0 Å². The highest BCUT2D eigenvalue weighted by Crippen LogP contribution is 2.54. The first-order valence-corrected chi connectivity index (χ1v) is 8.64. The first-order chi connectivity index (χ1) is 11.3. The molecule has 1 aromatic carbocycles. The van der Waals surface area contributed by atoms with E-state index in [2.05, 4.69) is 32.1 Å². The minimum atomic E-state index is -0.713. The van der Waals surface area contributed by atoms with Gasteiger partial charge in [-0.15, -0.1) is 0 Å². The fourth-order valence-corrected chi connectivity index (χ4v) is 4.93. The molecule has 0 radical (unpaired) electrons. The van der Waals surface area contributed by atoms with Gasteiger partial charge in [-0.1, -0.05) is 29.8 Å². The van der Waals surface area contributed by atoms with E-state index < -0.39 is 5.41 Å². The first kappa shape index (κ1) is 15.3. The summed E-state index contributed by atoms with van der Waals surface area (Å²) in [6, 6.07) is 4.47. The molecular weight excluding hydrogens is 296 g/mol. The molecule has 0 saturated heterocycles. The number of benzene rings is 1. The van der Waals surface area contributed by atoms with Crippen LogP contribution in [0.5, 0.6) is 0 Å². The van der Waals surface area contributed by atoms with Crippen molar-refractivity contribution >= 4 is 17.1 Å². The Kier molecular flexibility index (Phi) is 3.12. The molecule has 0 heterocycles. The first-order valence-electron chi connectivity index (χ1n) is 8.64. The minimum Gasteiger partial charge on any atom is -0.294 e. The van der Waals surface area contributed by atoms with Crippen LogP contribution in [0.15, 0.2) is 41.5 Å². The van der Waals surface area contributed by atoms with Crippen molar-refractivity contribution < 1.29 is 9.59 Å². The lowest BCUT2D eigenvalue weighted by atomic mass is 9.55. The summed E-state index contributed by atoms with van der Waals surface area (Å²) in [5.41, 5.74) is 7.01. The third kappa shape index (κ3) is 1.83. The molecular formula is C22H22O2. The Morgan fingerprint density at radius 1 is 1.08 bits per heavy atom. The standard InChI is InChI=1S/C22H22O2/c1-12-9-13(2)15-5-7-18-16(17(15)10-12)6-8-19-20(23)11-14(3)21(24)22(18,19)4/h6,8-11,18H,5,7H2,1-4H3/t18-,22-/m1/s1. The third-order valence-electron chi connectivity index (χ3n) is 6.12. The third-order valence-corrected chi connectivity index (χ3v) is 6.12. The maximum Gasteiger partial charge on any atom is 0.183 e. The van der Waals surface area contributed by atoms with Crippen molar-refractivity contribution in [2.75, 3.05) is 0 Å². The van der Waals surface area contributed by atoms with Crippen LogP contribution in [0.1, 0.15) is 42.5 Å². The Bertz CT molecular complexity index is 895. The summed E-state index contributed by atoms with van der Waals surface area (Å²) in [5, 5.41) is 0. The SMILES string of the molecule is CC1=CC(=O)C2=CC=C3c4cc(C)cc(C)c4CC[C@H]3[C@@]2(C)C1=O. The highest BCUT2D eigenvalue weighted by atomic mass is 16.1. The van der Waals surface area contributed by atoms with Gasteiger partial charge in [-0.05, 0) is 74.4 Å². The van der Waals surface area contributed by atoms with Crippen molar-refractivity contribution in [3.63, 3.8) is 0 Å². The summed E-state index contributed by atoms with van der Waals surface area (Å²) in [6.45, 7) is 8.03. The van der Waals surface area contributed by atoms with Crippen LogP contribution < -0.4 is 0 Å². The molecule has 0 aliphatic heterocycles. The second kappa shape index (κ2) is 4.89. The van der Waals surface area contributed by atoms with Crippen molar-refractivity contribution in [3.8, 4) is 0 Å². The van der Waals surface area contributed by atoms with Gasteiger partial charge in [0.2, 0.25) is 0 Å². The fourth-order valence-electron chi connectivity index (χ4n) is 4.93. The number of carbonyl (C=O) groups is 2. The molecule has 24 heavy (non-hydrogen) atoms. The average Bonchev–Trinajstić information content (AvgIpc) is 2.52. The molecule has 122 valence electrons. The number of Topliss-reactive ketones (excluding diaryl/α,β-unsaturated/α-hetero) is 1. The van der Waals surface area contributed by atoms with Gasteiger partial charge in [0, 0.05) is 11.5 Å².